The molecule has 0 aromatic heterocycles. The molecule has 0 bridgehead atoms. The standard InChI is InChI=1S/C17H29NO4S/c1-2-22-15-11-14(17(15)9-5-6-10-17)18-16(19)12-23(20,21)13-7-3-4-8-13/h13-15H,2-12H2,1H3,(H,18,19)/t14-,15+/m0/s1. The van der Waals surface area contributed by atoms with Crippen molar-refractivity contribution in [2.75, 3.05) is 12.4 Å². The van der Waals surface area contributed by atoms with Crippen LogP contribution in [0.25, 0.3) is 0 Å². The fourth-order valence-electron chi connectivity index (χ4n) is 4.87. The third-order valence-corrected chi connectivity index (χ3v) is 8.32. The summed E-state index contributed by atoms with van der Waals surface area (Å²) < 4.78 is 30.5. The van der Waals surface area contributed by atoms with E-state index in [1.54, 1.807) is 0 Å². The zero-order valence-electron chi connectivity index (χ0n) is 14.1. The number of carbonyl (C=O) groups excluding carboxylic acids is 1. The van der Waals surface area contributed by atoms with E-state index < -0.39 is 9.84 Å². The van der Waals surface area contributed by atoms with Crippen molar-refractivity contribution in [1.29, 1.82) is 0 Å². The minimum Gasteiger partial charge on any atom is -0.378 e. The van der Waals surface area contributed by atoms with Gasteiger partial charge in [-0.15, -0.1) is 0 Å². The van der Waals surface area contributed by atoms with Gasteiger partial charge in [0, 0.05) is 18.1 Å². The van der Waals surface area contributed by atoms with Gasteiger partial charge in [0.2, 0.25) is 5.91 Å². The minimum absolute atomic E-state index is 0.0583. The van der Waals surface area contributed by atoms with Crippen molar-refractivity contribution in [1.82, 2.24) is 5.32 Å². The summed E-state index contributed by atoms with van der Waals surface area (Å²) in [4.78, 5) is 12.3. The van der Waals surface area contributed by atoms with E-state index in [1.165, 1.54) is 12.8 Å². The van der Waals surface area contributed by atoms with Crippen LogP contribution in [-0.4, -0.2) is 44.1 Å². The number of hydrogen-bond donors (Lipinski definition) is 1. The van der Waals surface area contributed by atoms with Crippen molar-refractivity contribution in [3.8, 4) is 0 Å². The lowest BCUT2D eigenvalue weighted by atomic mass is 9.60. The second-order valence-corrected chi connectivity index (χ2v) is 9.73. The molecule has 1 N–H and O–H groups in total. The molecule has 1 amide bonds. The number of hydrogen-bond acceptors (Lipinski definition) is 4. The lowest BCUT2D eigenvalue weighted by Gasteiger charge is -2.54. The number of nitrogens with one attached hydrogen (secondary N) is 1. The molecule has 3 aliphatic carbocycles. The van der Waals surface area contributed by atoms with Crippen molar-refractivity contribution in [2.24, 2.45) is 5.41 Å². The van der Waals surface area contributed by atoms with Crippen LogP contribution in [0.1, 0.15) is 64.7 Å². The highest BCUT2D eigenvalue weighted by Crippen LogP contribution is 2.54. The van der Waals surface area contributed by atoms with Gasteiger partial charge in [0.05, 0.1) is 11.4 Å². The fraction of sp³-hybridized carbons (Fsp3) is 0.941. The van der Waals surface area contributed by atoms with Crippen LogP contribution in [0.2, 0.25) is 0 Å². The Bertz CT molecular complexity index is 533. The van der Waals surface area contributed by atoms with Crippen molar-refractivity contribution >= 4 is 15.7 Å². The molecular formula is C17H29NO4S. The van der Waals surface area contributed by atoms with Crippen LogP contribution < -0.4 is 5.32 Å². The maximum Gasteiger partial charge on any atom is 0.235 e. The number of ether oxygens (including phenoxy) is 1. The molecule has 3 aliphatic rings. The molecule has 3 fully saturated rings. The van der Waals surface area contributed by atoms with E-state index in [0.29, 0.717) is 6.61 Å². The normalized spacial score (nSPS) is 30.5. The van der Waals surface area contributed by atoms with Gasteiger partial charge >= 0.3 is 0 Å². The monoisotopic (exact) mass is 343 g/mol. The zero-order chi connectivity index (χ0) is 16.5. The van der Waals surface area contributed by atoms with E-state index in [4.69, 9.17) is 4.74 Å². The molecule has 2 atom stereocenters. The highest BCUT2D eigenvalue weighted by Gasteiger charge is 2.57. The minimum atomic E-state index is -3.29. The van der Waals surface area contributed by atoms with E-state index in [0.717, 1.165) is 44.9 Å². The molecule has 5 nitrogen and oxygen atoms in total. The number of sulfone groups is 1. The molecule has 0 saturated heterocycles. The van der Waals surface area contributed by atoms with Gasteiger partial charge in [-0.05, 0) is 39.0 Å². The van der Waals surface area contributed by atoms with E-state index in [9.17, 15) is 13.2 Å². The van der Waals surface area contributed by atoms with Gasteiger partial charge in [0.15, 0.2) is 9.84 Å². The summed E-state index contributed by atoms with van der Waals surface area (Å²) in [6.45, 7) is 2.70. The first-order valence-electron chi connectivity index (χ1n) is 9.10. The van der Waals surface area contributed by atoms with E-state index in [1.807, 2.05) is 6.92 Å². The van der Waals surface area contributed by atoms with Crippen LogP contribution >= 0.6 is 0 Å². The van der Waals surface area contributed by atoms with Crippen molar-refractivity contribution in [3.05, 3.63) is 0 Å². The van der Waals surface area contributed by atoms with Gasteiger partial charge in [-0.1, -0.05) is 25.7 Å². The first-order chi connectivity index (χ1) is 11.0. The van der Waals surface area contributed by atoms with Crippen LogP contribution in [0.5, 0.6) is 0 Å². The highest BCUT2D eigenvalue weighted by molar-refractivity contribution is 7.92. The first-order valence-corrected chi connectivity index (χ1v) is 10.8. The third-order valence-electron chi connectivity index (χ3n) is 6.16. The molecular weight excluding hydrogens is 314 g/mol. The molecule has 23 heavy (non-hydrogen) atoms. The fourth-order valence-corrected chi connectivity index (χ4v) is 6.61. The highest BCUT2D eigenvalue weighted by atomic mass is 32.2. The Labute approximate surface area is 139 Å². The van der Waals surface area contributed by atoms with Crippen LogP contribution in [0.3, 0.4) is 0 Å². The smallest absolute Gasteiger partial charge is 0.235 e. The molecule has 0 radical (unpaired) electrons. The van der Waals surface area contributed by atoms with Gasteiger partial charge in [0.1, 0.15) is 5.75 Å². The molecule has 3 saturated carbocycles. The van der Waals surface area contributed by atoms with Gasteiger partial charge in [-0.3, -0.25) is 4.79 Å². The summed E-state index contributed by atoms with van der Waals surface area (Å²) in [5.74, 6) is -0.660. The average molecular weight is 343 g/mol. The number of rotatable bonds is 6. The van der Waals surface area contributed by atoms with Crippen LogP contribution in [0, 0.1) is 5.41 Å². The molecule has 1 spiro atoms. The van der Waals surface area contributed by atoms with Crippen molar-refractivity contribution < 1.29 is 17.9 Å². The summed E-state index contributed by atoms with van der Waals surface area (Å²) in [5, 5.41) is 2.72. The number of carbonyl (C=O) groups is 1. The Morgan fingerprint density at radius 2 is 1.83 bits per heavy atom. The molecule has 0 heterocycles. The predicted octanol–water partition coefficient (Wildman–Crippen LogP) is 2.20. The first kappa shape index (κ1) is 17.2. The summed E-state index contributed by atoms with van der Waals surface area (Å²) in [7, 11) is -3.29. The Morgan fingerprint density at radius 1 is 1.17 bits per heavy atom. The van der Waals surface area contributed by atoms with Crippen LogP contribution in [0.15, 0.2) is 0 Å². The van der Waals surface area contributed by atoms with Gasteiger partial charge in [-0.2, -0.15) is 0 Å². The maximum atomic E-state index is 12.3. The summed E-state index contributed by atoms with van der Waals surface area (Å²) in [6, 6.07) is 0.0906. The van der Waals surface area contributed by atoms with Crippen LogP contribution in [0.4, 0.5) is 0 Å². The van der Waals surface area contributed by atoms with E-state index >= 15 is 0 Å². The zero-order valence-corrected chi connectivity index (χ0v) is 14.9. The third kappa shape index (κ3) is 3.29. The SMILES string of the molecule is CCO[C@@H]1C[C@H](NC(=O)CS(=O)(=O)C2CCCC2)C12CCCC2. The largest absolute Gasteiger partial charge is 0.378 e. The molecule has 132 valence electrons. The molecule has 0 aliphatic heterocycles. The van der Waals surface area contributed by atoms with E-state index in [2.05, 4.69) is 5.32 Å². The van der Waals surface area contributed by atoms with Gasteiger partial charge < -0.3 is 10.1 Å². The lowest BCUT2D eigenvalue weighted by molar-refractivity contribution is -0.142. The lowest BCUT2D eigenvalue weighted by Crippen LogP contribution is -2.64. The molecule has 6 heteroatoms. The summed E-state index contributed by atoms with van der Waals surface area (Å²) in [5.41, 5.74) is 0.0583. The van der Waals surface area contributed by atoms with Crippen molar-refractivity contribution in [2.45, 2.75) is 82.1 Å². The van der Waals surface area contributed by atoms with Crippen LogP contribution in [-0.2, 0) is 19.4 Å². The Kier molecular flexibility index (Phi) is 5.02. The topological polar surface area (TPSA) is 72.5 Å². The Morgan fingerprint density at radius 3 is 2.43 bits per heavy atom. The maximum absolute atomic E-state index is 12.3. The Balaban J connectivity index is 1.57. The van der Waals surface area contributed by atoms with Crippen molar-refractivity contribution in [3.63, 3.8) is 0 Å². The molecule has 0 aromatic rings. The second-order valence-electron chi connectivity index (χ2n) is 7.45. The average Bonchev–Trinajstić information content (AvgIpc) is 3.18. The summed E-state index contributed by atoms with van der Waals surface area (Å²) >= 11 is 0. The predicted molar refractivity (Wildman–Crippen MR) is 88.9 cm³/mol. The quantitative estimate of drug-likeness (QED) is 0.802. The number of amides is 1. The van der Waals surface area contributed by atoms with Gasteiger partial charge in [0.25, 0.3) is 0 Å². The van der Waals surface area contributed by atoms with Gasteiger partial charge in [-0.25, -0.2) is 8.42 Å². The summed E-state index contributed by atoms with van der Waals surface area (Å²) in [6.07, 6.45) is 8.93. The second kappa shape index (κ2) is 6.71. The Hall–Kier alpha value is -0.620. The molecule has 3 rings (SSSR count). The molecule has 0 unspecified atom stereocenters. The van der Waals surface area contributed by atoms with E-state index in [-0.39, 0.29) is 34.5 Å². The molecule has 0 aromatic carbocycles.